The van der Waals surface area contributed by atoms with E-state index in [0.29, 0.717) is 6.79 Å². The Labute approximate surface area is 158 Å². The van der Waals surface area contributed by atoms with E-state index in [1.165, 1.54) is 77.0 Å². The van der Waals surface area contributed by atoms with E-state index in [2.05, 4.69) is 38.2 Å². The van der Waals surface area contributed by atoms with E-state index >= 15 is 0 Å². The Morgan fingerprint density at radius 1 is 0.480 bits per heavy atom. The van der Waals surface area contributed by atoms with Crippen LogP contribution in [0.15, 0.2) is 24.3 Å². The molecule has 0 unspecified atom stereocenters. The van der Waals surface area contributed by atoms with Gasteiger partial charge in [-0.15, -0.1) is 0 Å². The fourth-order valence-electron chi connectivity index (χ4n) is 2.60. The van der Waals surface area contributed by atoms with Gasteiger partial charge in [-0.2, -0.15) is 0 Å². The molecular weight excluding hydrogens is 308 g/mol. The van der Waals surface area contributed by atoms with Gasteiger partial charge in [-0.3, -0.25) is 0 Å². The average molecular weight is 353 g/mol. The molecule has 0 aromatic rings. The molecule has 0 aromatic heterocycles. The Morgan fingerprint density at radius 3 is 1.56 bits per heavy atom. The first kappa shape index (κ1) is 24.4. The fraction of sp³-hybridized carbons (Fsp3) is 0.826. The van der Waals surface area contributed by atoms with Crippen molar-refractivity contribution in [3.05, 3.63) is 24.3 Å². The number of hydrogen-bond donors (Lipinski definition) is 0. The van der Waals surface area contributed by atoms with Crippen LogP contribution in [0.2, 0.25) is 0 Å². The summed E-state index contributed by atoms with van der Waals surface area (Å²) in [5.74, 6) is 0. The van der Waals surface area contributed by atoms with Gasteiger partial charge in [-0.1, -0.05) is 83.1 Å². The maximum Gasteiger partial charge on any atom is 0.146 e. The van der Waals surface area contributed by atoms with Gasteiger partial charge in [0, 0.05) is 6.61 Å². The van der Waals surface area contributed by atoms with Crippen molar-refractivity contribution in [3.8, 4) is 0 Å². The van der Waals surface area contributed by atoms with Gasteiger partial charge in [0.25, 0.3) is 0 Å². The van der Waals surface area contributed by atoms with Crippen LogP contribution in [0.1, 0.15) is 104 Å². The van der Waals surface area contributed by atoms with Gasteiger partial charge in [0.1, 0.15) is 6.79 Å². The first-order chi connectivity index (χ1) is 12.4. The largest absolute Gasteiger partial charge is 0.355 e. The van der Waals surface area contributed by atoms with Crippen LogP contribution >= 0.6 is 0 Å². The lowest BCUT2D eigenvalue weighted by atomic mass is 10.1. The highest BCUT2D eigenvalue weighted by atomic mass is 16.7. The predicted molar refractivity (Wildman–Crippen MR) is 111 cm³/mol. The van der Waals surface area contributed by atoms with E-state index in [-0.39, 0.29) is 0 Å². The quantitative estimate of drug-likeness (QED) is 0.128. The Kier molecular flexibility index (Phi) is 22.8. The summed E-state index contributed by atoms with van der Waals surface area (Å²) in [7, 11) is 0. The smallest absolute Gasteiger partial charge is 0.146 e. The molecule has 0 aliphatic rings. The second-order valence-corrected chi connectivity index (χ2v) is 6.86. The highest BCUT2D eigenvalue weighted by molar-refractivity contribution is 4.82. The second-order valence-electron chi connectivity index (χ2n) is 6.86. The molecule has 0 rings (SSSR count). The van der Waals surface area contributed by atoms with Crippen LogP contribution in [-0.2, 0) is 9.47 Å². The Bertz CT molecular complexity index is 284. The lowest BCUT2D eigenvalue weighted by Crippen LogP contribution is -2.02. The van der Waals surface area contributed by atoms with E-state index in [0.717, 1.165) is 26.1 Å². The molecule has 0 N–H and O–H groups in total. The van der Waals surface area contributed by atoms with Gasteiger partial charge in [-0.05, 0) is 44.9 Å². The Balaban J connectivity index is 3.09. The zero-order chi connectivity index (χ0) is 18.3. The lowest BCUT2D eigenvalue weighted by molar-refractivity contribution is -0.0528. The van der Waals surface area contributed by atoms with Gasteiger partial charge in [0.05, 0.1) is 6.61 Å². The molecule has 2 heteroatoms. The van der Waals surface area contributed by atoms with Crippen LogP contribution in [0, 0.1) is 0 Å². The average Bonchev–Trinajstić information content (AvgIpc) is 2.63. The maximum absolute atomic E-state index is 5.42. The summed E-state index contributed by atoms with van der Waals surface area (Å²) in [5.41, 5.74) is 0. The normalized spacial score (nSPS) is 11.9. The predicted octanol–water partition coefficient (Wildman–Crippen LogP) is 7.59. The van der Waals surface area contributed by atoms with E-state index in [1.807, 2.05) is 0 Å². The van der Waals surface area contributed by atoms with Crippen molar-refractivity contribution in [2.75, 3.05) is 20.0 Å². The van der Waals surface area contributed by atoms with Crippen LogP contribution in [0.3, 0.4) is 0 Å². The van der Waals surface area contributed by atoms with Crippen LogP contribution < -0.4 is 0 Å². The van der Waals surface area contributed by atoms with Crippen LogP contribution in [-0.4, -0.2) is 20.0 Å². The van der Waals surface area contributed by atoms with Gasteiger partial charge >= 0.3 is 0 Å². The minimum absolute atomic E-state index is 0.447. The molecule has 2 nitrogen and oxygen atoms in total. The fourth-order valence-corrected chi connectivity index (χ4v) is 2.60. The molecule has 148 valence electrons. The Morgan fingerprint density at radius 2 is 0.960 bits per heavy atom. The second kappa shape index (κ2) is 23.4. The molecule has 0 aliphatic heterocycles. The van der Waals surface area contributed by atoms with E-state index in [9.17, 15) is 0 Å². The van der Waals surface area contributed by atoms with Gasteiger partial charge in [0.2, 0.25) is 0 Å². The molecule has 0 aromatic carbocycles. The summed E-state index contributed by atoms with van der Waals surface area (Å²) in [6.45, 7) is 6.47. The summed E-state index contributed by atoms with van der Waals surface area (Å²) in [4.78, 5) is 0. The van der Waals surface area contributed by atoms with Crippen molar-refractivity contribution in [1.82, 2.24) is 0 Å². The molecule has 0 heterocycles. The van der Waals surface area contributed by atoms with Gasteiger partial charge in [-0.25, -0.2) is 0 Å². The minimum atomic E-state index is 0.447. The monoisotopic (exact) mass is 352 g/mol. The van der Waals surface area contributed by atoms with Crippen molar-refractivity contribution in [1.29, 1.82) is 0 Å². The van der Waals surface area contributed by atoms with E-state index < -0.39 is 0 Å². The molecule has 0 aliphatic carbocycles. The zero-order valence-electron chi connectivity index (χ0n) is 17.1. The molecule has 0 amide bonds. The molecular formula is C23H44O2. The third-order valence-corrected chi connectivity index (χ3v) is 4.29. The summed E-state index contributed by atoms with van der Waals surface area (Å²) in [6.07, 6.45) is 27.3. The summed E-state index contributed by atoms with van der Waals surface area (Å²) < 4.78 is 10.8. The molecule has 0 radical (unpaired) electrons. The van der Waals surface area contributed by atoms with Crippen molar-refractivity contribution >= 4 is 0 Å². The van der Waals surface area contributed by atoms with E-state index in [1.54, 1.807) is 0 Å². The number of hydrogen-bond acceptors (Lipinski definition) is 2. The van der Waals surface area contributed by atoms with E-state index in [4.69, 9.17) is 9.47 Å². The third kappa shape index (κ3) is 23.4. The lowest BCUT2D eigenvalue weighted by Gasteiger charge is -2.03. The number of unbranched alkanes of at least 4 members (excludes halogenated alkanes) is 10. The molecule has 0 atom stereocenters. The zero-order valence-corrected chi connectivity index (χ0v) is 17.1. The highest BCUT2D eigenvalue weighted by Gasteiger charge is 1.91. The van der Waals surface area contributed by atoms with Crippen LogP contribution in [0.5, 0.6) is 0 Å². The van der Waals surface area contributed by atoms with Crippen LogP contribution in [0.25, 0.3) is 0 Å². The molecule has 0 saturated heterocycles. The first-order valence-corrected chi connectivity index (χ1v) is 10.9. The highest BCUT2D eigenvalue weighted by Crippen LogP contribution is 2.09. The molecule has 25 heavy (non-hydrogen) atoms. The van der Waals surface area contributed by atoms with Crippen LogP contribution in [0.4, 0.5) is 0 Å². The number of ether oxygens (including phenoxy) is 2. The molecule has 0 spiro atoms. The maximum atomic E-state index is 5.42. The van der Waals surface area contributed by atoms with Crippen molar-refractivity contribution in [2.45, 2.75) is 104 Å². The first-order valence-electron chi connectivity index (χ1n) is 10.9. The minimum Gasteiger partial charge on any atom is -0.355 e. The van der Waals surface area contributed by atoms with Crippen molar-refractivity contribution in [3.63, 3.8) is 0 Å². The third-order valence-electron chi connectivity index (χ3n) is 4.29. The summed E-state index contributed by atoms with van der Waals surface area (Å²) >= 11 is 0. The standard InChI is InChI=1S/C23H44O2/c1-3-5-7-8-9-10-11-12-13-14-15-16-17-18-19-20-22-25-23-24-21-6-4-2/h8-9,18-19H,3-7,10-17,20-23H2,1-2H3. The summed E-state index contributed by atoms with van der Waals surface area (Å²) in [5, 5.41) is 0. The van der Waals surface area contributed by atoms with Gasteiger partial charge < -0.3 is 9.47 Å². The molecule has 0 saturated carbocycles. The molecule has 0 bridgehead atoms. The number of rotatable bonds is 20. The molecule has 0 fully saturated rings. The summed E-state index contributed by atoms with van der Waals surface area (Å²) in [6, 6.07) is 0. The SMILES string of the molecule is CCCCC=CCCCCCCCCC=CCCOCOCCCC. The van der Waals surface area contributed by atoms with Crippen molar-refractivity contribution in [2.24, 2.45) is 0 Å². The number of allylic oxidation sites excluding steroid dienone is 3. The van der Waals surface area contributed by atoms with Gasteiger partial charge in [0.15, 0.2) is 0 Å². The Hall–Kier alpha value is -0.600. The van der Waals surface area contributed by atoms with Crippen molar-refractivity contribution < 1.29 is 9.47 Å². The topological polar surface area (TPSA) is 18.5 Å².